The zero-order chi connectivity index (χ0) is 7.40. The van der Waals surface area contributed by atoms with Crippen LogP contribution in [0.25, 0.3) is 0 Å². The van der Waals surface area contributed by atoms with Crippen molar-refractivity contribution >= 4 is 22.2 Å². The van der Waals surface area contributed by atoms with Gasteiger partial charge in [0.2, 0.25) is 0 Å². The number of hydrogen-bond donors (Lipinski definition) is 0. The third-order valence-corrected chi connectivity index (χ3v) is 2.21. The fourth-order valence-corrected chi connectivity index (χ4v) is 1.26. The third kappa shape index (κ3) is 1.81. The molecule has 0 aromatic carbocycles. The molecule has 1 unspecified atom stereocenters. The average molecular weight is 201 g/mol. The molecule has 0 amide bonds. The minimum atomic E-state index is -0.107. The Labute approximate surface area is 68.9 Å². The Balaban J connectivity index is 2.62. The zero-order valence-electron chi connectivity index (χ0n) is 5.59. The van der Waals surface area contributed by atoms with Crippen LogP contribution >= 0.6 is 15.9 Å². The largest absolute Gasteiger partial charge is 0.302 e. The number of carbonyl (C=O) groups is 1. The molecule has 0 fully saturated rings. The number of allylic oxidation sites excluding steroid dienone is 4. The molecule has 0 radical (unpaired) electrons. The SMILES string of the molecule is O=CC(Br)C1=CCCC=C1. The zero-order valence-corrected chi connectivity index (χ0v) is 7.17. The fraction of sp³-hybridized carbons (Fsp3) is 0.375. The molecule has 0 aromatic heterocycles. The number of hydrogen-bond acceptors (Lipinski definition) is 1. The Morgan fingerprint density at radius 3 is 2.90 bits per heavy atom. The first-order valence-electron chi connectivity index (χ1n) is 3.30. The summed E-state index contributed by atoms with van der Waals surface area (Å²) in [6, 6.07) is 0. The molecule has 0 saturated heterocycles. The Bertz CT molecular complexity index is 182. The molecule has 1 aliphatic rings. The standard InChI is InChI=1S/C8H9BrO/c9-8(6-10)7-4-2-1-3-5-7/h2,4-6,8H,1,3H2. The van der Waals surface area contributed by atoms with Crippen molar-refractivity contribution in [2.24, 2.45) is 0 Å². The molecule has 1 aliphatic carbocycles. The Morgan fingerprint density at radius 1 is 1.60 bits per heavy atom. The van der Waals surface area contributed by atoms with Gasteiger partial charge >= 0.3 is 0 Å². The second kappa shape index (κ2) is 3.71. The second-order valence-electron chi connectivity index (χ2n) is 2.22. The normalized spacial score (nSPS) is 19.9. The first kappa shape index (κ1) is 7.73. The number of halogens is 1. The van der Waals surface area contributed by atoms with Crippen molar-refractivity contribution < 1.29 is 4.79 Å². The predicted molar refractivity (Wildman–Crippen MR) is 45.2 cm³/mol. The lowest BCUT2D eigenvalue weighted by atomic mass is 10.1. The Morgan fingerprint density at radius 2 is 2.40 bits per heavy atom. The van der Waals surface area contributed by atoms with E-state index in [-0.39, 0.29) is 4.83 Å². The van der Waals surface area contributed by atoms with Gasteiger partial charge in [-0.05, 0) is 18.4 Å². The molecule has 0 N–H and O–H groups in total. The lowest BCUT2D eigenvalue weighted by Crippen LogP contribution is -2.02. The van der Waals surface area contributed by atoms with E-state index in [4.69, 9.17) is 0 Å². The van der Waals surface area contributed by atoms with Crippen LogP contribution in [0.5, 0.6) is 0 Å². The molecule has 1 atom stereocenters. The fourth-order valence-electron chi connectivity index (χ4n) is 0.917. The molecule has 0 spiro atoms. The van der Waals surface area contributed by atoms with E-state index in [0.29, 0.717) is 0 Å². The summed E-state index contributed by atoms with van der Waals surface area (Å²) in [7, 11) is 0. The quantitative estimate of drug-likeness (QED) is 0.494. The van der Waals surface area contributed by atoms with Crippen molar-refractivity contribution in [2.45, 2.75) is 17.7 Å². The summed E-state index contributed by atoms with van der Waals surface area (Å²) in [4.78, 5) is 10.2. The molecule has 2 heteroatoms. The molecule has 1 nitrogen and oxygen atoms in total. The van der Waals surface area contributed by atoms with Gasteiger partial charge in [-0.2, -0.15) is 0 Å². The maximum atomic E-state index is 10.3. The van der Waals surface area contributed by atoms with Crippen LogP contribution in [-0.2, 0) is 4.79 Å². The topological polar surface area (TPSA) is 17.1 Å². The van der Waals surface area contributed by atoms with Crippen molar-refractivity contribution in [3.63, 3.8) is 0 Å². The van der Waals surface area contributed by atoms with E-state index in [1.807, 2.05) is 6.08 Å². The molecule has 0 saturated carbocycles. The van der Waals surface area contributed by atoms with Crippen LogP contribution in [0, 0.1) is 0 Å². The highest BCUT2D eigenvalue weighted by Crippen LogP contribution is 2.17. The van der Waals surface area contributed by atoms with E-state index in [2.05, 4.69) is 28.1 Å². The molecule has 1 rings (SSSR count). The molecule has 0 bridgehead atoms. The highest BCUT2D eigenvalue weighted by molar-refractivity contribution is 9.10. The van der Waals surface area contributed by atoms with Crippen LogP contribution in [0.15, 0.2) is 23.8 Å². The summed E-state index contributed by atoms with van der Waals surface area (Å²) < 4.78 is 0. The van der Waals surface area contributed by atoms with Crippen molar-refractivity contribution in [2.75, 3.05) is 0 Å². The monoisotopic (exact) mass is 200 g/mol. The minimum Gasteiger partial charge on any atom is -0.302 e. The number of aldehydes is 1. The van der Waals surface area contributed by atoms with Gasteiger partial charge in [-0.15, -0.1) is 0 Å². The first-order chi connectivity index (χ1) is 4.84. The van der Waals surface area contributed by atoms with Crippen LogP contribution < -0.4 is 0 Å². The number of alkyl halides is 1. The molecule has 0 aliphatic heterocycles. The lowest BCUT2D eigenvalue weighted by Gasteiger charge is -2.06. The molecular weight excluding hydrogens is 192 g/mol. The number of rotatable bonds is 2. The molecule has 0 heterocycles. The summed E-state index contributed by atoms with van der Waals surface area (Å²) in [6.07, 6.45) is 9.24. The average Bonchev–Trinajstić information content (AvgIpc) is 2.05. The van der Waals surface area contributed by atoms with Gasteiger partial charge in [-0.25, -0.2) is 0 Å². The van der Waals surface area contributed by atoms with E-state index in [9.17, 15) is 4.79 Å². The first-order valence-corrected chi connectivity index (χ1v) is 4.22. The van der Waals surface area contributed by atoms with Crippen molar-refractivity contribution in [3.8, 4) is 0 Å². The molecular formula is C8H9BrO. The third-order valence-electron chi connectivity index (χ3n) is 1.46. The second-order valence-corrected chi connectivity index (χ2v) is 3.21. The van der Waals surface area contributed by atoms with Gasteiger partial charge in [0.1, 0.15) is 6.29 Å². The maximum Gasteiger partial charge on any atom is 0.138 e. The van der Waals surface area contributed by atoms with Gasteiger partial charge in [0.25, 0.3) is 0 Å². The number of carbonyl (C=O) groups excluding carboxylic acids is 1. The van der Waals surface area contributed by atoms with E-state index in [0.717, 1.165) is 24.7 Å². The molecule has 10 heavy (non-hydrogen) atoms. The summed E-state index contributed by atoms with van der Waals surface area (Å²) in [5.41, 5.74) is 1.08. The van der Waals surface area contributed by atoms with E-state index >= 15 is 0 Å². The summed E-state index contributed by atoms with van der Waals surface area (Å²) in [5.74, 6) is 0. The van der Waals surface area contributed by atoms with Gasteiger partial charge < -0.3 is 4.79 Å². The van der Waals surface area contributed by atoms with Crippen LogP contribution in [0.2, 0.25) is 0 Å². The predicted octanol–water partition coefficient (Wildman–Crippen LogP) is 2.23. The summed E-state index contributed by atoms with van der Waals surface area (Å²) in [5, 5.41) is 0. The Kier molecular flexibility index (Phi) is 2.87. The van der Waals surface area contributed by atoms with E-state index in [1.54, 1.807) is 0 Å². The summed E-state index contributed by atoms with van der Waals surface area (Å²) >= 11 is 3.25. The minimum absolute atomic E-state index is 0.107. The van der Waals surface area contributed by atoms with E-state index < -0.39 is 0 Å². The van der Waals surface area contributed by atoms with Gasteiger partial charge in [-0.3, -0.25) is 0 Å². The van der Waals surface area contributed by atoms with Gasteiger partial charge in [0, 0.05) is 0 Å². The maximum absolute atomic E-state index is 10.3. The summed E-state index contributed by atoms with van der Waals surface area (Å²) in [6.45, 7) is 0. The van der Waals surface area contributed by atoms with Crippen LogP contribution in [-0.4, -0.2) is 11.1 Å². The highest BCUT2D eigenvalue weighted by Gasteiger charge is 2.06. The smallest absolute Gasteiger partial charge is 0.138 e. The van der Waals surface area contributed by atoms with Crippen molar-refractivity contribution in [1.29, 1.82) is 0 Å². The van der Waals surface area contributed by atoms with Crippen LogP contribution in [0.4, 0.5) is 0 Å². The van der Waals surface area contributed by atoms with Crippen molar-refractivity contribution in [1.82, 2.24) is 0 Å². The van der Waals surface area contributed by atoms with E-state index in [1.165, 1.54) is 0 Å². The van der Waals surface area contributed by atoms with Gasteiger partial charge in [-0.1, -0.05) is 34.2 Å². The van der Waals surface area contributed by atoms with Gasteiger partial charge in [0.15, 0.2) is 0 Å². The van der Waals surface area contributed by atoms with Gasteiger partial charge in [0.05, 0.1) is 4.83 Å². The van der Waals surface area contributed by atoms with Crippen LogP contribution in [0.1, 0.15) is 12.8 Å². The van der Waals surface area contributed by atoms with Crippen molar-refractivity contribution in [3.05, 3.63) is 23.8 Å². The van der Waals surface area contributed by atoms with Crippen LogP contribution in [0.3, 0.4) is 0 Å². The lowest BCUT2D eigenvalue weighted by molar-refractivity contribution is -0.106. The Hall–Kier alpha value is -0.370. The molecule has 0 aromatic rings. The molecule has 54 valence electrons. The highest BCUT2D eigenvalue weighted by atomic mass is 79.9.